The molecule has 0 radical (unpaired) electrons. The van der Waals surface area contributed by atoms with Crippen LogP contribution in [0.5, 0.6) is 0 Å². The molecule has 0 fully saturated rings. The monoisotopic (exact) mass is 632 g/mol. The van der Waals surface area contributed by atoms with Crippen molar-refractivity contribution in [1.82, 2.24) is 0 Å². The number of nitrogens with zero attached hydrogens (tertiary/aromatic N) is 2. The highest BCUT2D eigenvalue weighted by Crippen LogP contribution is 2.38. The summed E-state index contributed by atoms with van der Waals surface area (Å²) in [6.45, 7) is 13.7. The molecule has 0 aliphatic heterocycles. The van der Waals surface area contributed by atoms with E-state index in [1.54, 1.807) is 0 Å². The van der Waals surface area contributed by atoms with Gasteiger partial charge >= 0.3 is 0 Å². The summed E-state index contributed by atoms with van der Waals surface area (Å²) in [6.07, 6.45) is 0. The highest BCUT2D eigenvalue weighted by atomic mass is 28.4. The van der Waals surface area contributed by atoms with Crippen LogP contribution >= 0.6 is 0 Å². The Balaban J connectivity index is 1.30. The van der Waals surface area contributed by atoms with Gasteiger partial charge in [0.1, 0.15) is 0 Å². The zero-order valence-electron chi connectivity index (χ0n) is 28.4. The van der Waals surface area contributed by atoms with Crippen molar-refractivity contribution in [3.8, 4) is 11.1 Å². The van der Waals surface area contributed by atoms with Crippen molar-refractivity contribution in [3.63, 3.8) is 0 Å². The normalized spacial score (nSPS) is 11.4. The molecule has 0 unspecified atom stereocenters. The number of anilines is 6. The molecular formula is C43H44N2OSi. The van der Waals surface area contributed by atoms with Gasteiger partial charge in [0.15, 0.2) is 0 Å². The van der Waals surface area contributed by atoms with Crippen molar-refractivity contribution in [3.05, 3.63) is 162 Å². The lowest BCUT2D eigenvalue weighted by molar-refractivity contribution is 0.339. The first-order chi connectivity index (χ1) is 22.7. The van der Waals surface area contributed by atoms with Crippen LogP contribution in [0.4, 0.5) is 34.1 Å². The van der Waals surface area contributed by atoms with Crippen molar-refractivity contribution in [1.29, 1.82) is 0 Å². The molecule has 0 saturated carbocycles. The third-order valence-corrected chi connectivity index (χ3v) is 11.5. The number of hydrogen-bond acceptors (Lipinski definition) is 3. The molecule has 0 atom stereocenters. The maximum absolute atomic E-state index is 6.15. The summed E-state index contributed by atoms with van der Waals surface area (Å²) in [4.78, 5) is 4.64. The molecule has 236 valence electrons. The van der Waals surface area contributed by atoms with Gasteiger partial charge in [-0.3, -0.25) is 0 Å². The highest BCUT2D eigenvalue weighted by molar-refractivity contribution is 6.84. The molecule has 0 spiro atoms. The van der Waals surface area contributed by atoms with Gasteiger partial charge in [-0.2, -0.15) is 0 Å². The molecule has 0 bridgehead atoms. The van der Waals surface area contributed by atoms with E-state index in [0.717, 1.165) is 40.7 Å². The topological polar surface area (TPSA) is 15.7 Å². The third-order valence-electron chi connectivity index (χ3n) is 8.79. The Morgan fingerprint density at radius 2 is 0.660 bits per heavy atom. The lowest BCUT2D eigenvalue weighted by Gasteiger charge is -2.27. The van der Waals surface area contributed by atoms with Crippen LogP contribution in [0.15, 0.2) is 146 Å². The summed E-state index contributed by atoms with van der Waals surface area (Å²) in [6, 6.07) is 52.9. The van der Waals surface area contributed by atoms with Gasteiger partial charge < -0.3 is 14.2 Å². The summed E-state index contributed by atoms with van der Waals surface area (Å²) in [5.74, 6) is 0. The Kier molecular flexibility index (Phi) is 9.44. The minimum atomic E-state index is -1.92. The average Bonchev–Trinajstić information content (AvgIpc) is 3.08. The van der Waals surface area contributed by atoms with Gasteiger partial charge in [0.25, 0.3) is 0 Å². The molecule has 6 aromatic carbocycles. The predicted molar refractivity (Wildman–Crippen MR) is 204 cm³/mol. The van der Waals surface area contributed by atoms with Crippen LogP contribution in [-0.4, -0.2) is 14.9 Å². The van der Waals surface area contributed by atoms with E-state index in [0.29, 0.717) is 0 Å². The van der Waals surface area contributed by atoms with Crippen LogP contribution in [0.2, 0.25) is 13.1 Å². The van der Waals surface area contributed by atoms with E-state index in [1.807, 2.05) is 0 Å². The van der Waals surface area contributed by atoms with E-state index in [1.165, 1.54) is 33.0 Å². The molecule has 0 amide bonds. The summed E-state index contributed by atoms with van der Waals surface area (Å²) in [7, 11) is -1.92. The van der Waals surface area contributed by atoms with E-state index in [2.05, 4.69) is 196 Å². The quantitative estimate of drug-likeness (QED) is 0.140. The number of benzene rings is 6. The highest BCUT2D eigenvalue weighted by Gasteiger charge is 2.25. The first-order valence-corrected chi connectivity index (χ1v) is 19.4. The predicted octanol–water partition coefficient (Wildman–Crippen LogP) is 11.7. The number of aryl methyl sites for hydroxylation is 3. The van der Waals surface area contributed by atoms with Gasteiger partial charge in [0.2, 0.25) is 8.32 Å². The minimum absolute atomic E-state index is 0.739. The van der Waals surface area contributed by atoms with Gasteiger partial charge in [-0.1, -0.05) is 89.5 Å². The van der Waals surface area contributed by atoms with Crippen LogP contribution < -0.4 is 15.0 Å². The Morgan fingerprint density at radius 3 is 0.936 bits per heavy atom. The molecule has 0 heterocycles. The van der Waals surface area contributed by atoms with Gasteiger partial charge in [0.05, 0.1) is 0 Å². The van der Waals surface area contributed by atoms with E-state index < -0.39 is 8.32 Å². The Morgan fingerprint density at radius 1 is 0.404 bits per heavy atom. The second-order valence-corrected chi connectivity index (χ2v) is 16.6. The van der Waals surface area contributed by atoms with Crippen molar-refractivity contribution < 1.29 is 4.43 Å². The molecule has 6 rings (SSSR count). The molecule has 47 heavy (non-hydrogen) atoms. The largest absolute Gasteiger partial charge is 0.413 e. The lowest BCUT2D eigenvalue weighted by atomic mass is 10.0. The first kappa shape index (κ1) is 32.1. The fraction of sp³-hybridized carbons (Fsp3) is 0.163. The third kappa shape index (κ3) is 7.25. The molecule has 4 heteroatoms. The summed E-state index contributed by atoms with van der Waals surface area (Å²) < 4.78 is 6.15. The Hall–Kier alpha value is -4.90. The maximum atomic E-state index is 6.15. The zero-order valence-corrected chi connectivity index (χ0v) is 29.4. The summed E-state index contributed by atoms with van der Waals surface area (Å²) in [5, 5.41) is 1.30. The van der Waals surface area contributed by atoms with Crippen LogP contribution in [-0.2, 0) is 4.43 Å². The second kappa shape index (κ2) is 13.8. The smallest absolute Gasteiger partial charge is 0.218 e. The molecule has 3 nitrogen and oxygen atoms in total. The summed E-state index contributed by atoms with van der Waals surface area (Å²) >= 11 is 0. The van der Waals surface area contributed by atoms with Crippen molar-refractivity contribution in [2.24, 2.45) is 0 Å². The fourth-order valence-electron chi connectivity index (χ4n) is 6.04. The molecule has 0 aromatic heterocycles. The Bertz CT molecular complexity index is 1850. The first-order valence-electron chi connectivity index (χ1n) is 16.5. The van der Waals surface area contributed by atoms with Crippen molar-refractivity contribution in [2.75, 3.05) is 16.4 Å². The van der Waals surface area contributed by atoms with E-state index in [4.69, 9.17) is 4.43 Å². The van der Waals surface area contributed by atoms with Crippen molar-refractivity contribution >= 4 is 47.6 Å². The lowest BCUT2D eigenvalue weighted by Crippen LogP contribution is -2.44. The van der Waals surface area contributed by atoms with Gasteiger partial charge in [-0.15, -0.1) is 0 Å². The van der Waals surface area contributed by atoms with Crippen LogP contribution in [0.3, 0.4) is 0 Å². The second-order valence-electron chi connectivity index (χ2n) is 12.8. The summed E-state index contributed by atoms with van der Waals surface area (Å²) in [5.41, 5.74) is 12.9. The number of rotatable bonds is 10. The van der Waals surface area contributed by atoms with Gasteiger partial charge in [0, 0.05) is 40.7 Å². The standard InChI is InChI=1S/C43H44N2OSi/c1-7-46-47(5,6)43-30-28-42(29-31-43)45(39-22-12-34(4)13-23-39)41-26-16-36(17-27-41)35-14-24-40(25-15-35)44(37-18-8-32(2)9-19-37)38-20-10-33(3)11-21-38/h8-31H,7H2,1-6H3. The van der Waals surface area contributed by atoms with Gasteiger partial charge in [-0.25, -0.2) is 0 Å². The van der Waals surface area contributed by atoms with E-state index in [9.17, 15) is 0 Å². The van der Waals surface area contributed by atoms with E-state index >= 15 is 0 Å². The van der Waals surface area contributed by atoms with Crippen molar-refractivity contribution in [2.45, 2.75) is 40.8 Å². The van der Waals surface area contributed by atoms with Crippen LogP contribution in [0, 0.1) is 20.8 Å². The fourth-order valence-corrected chi connectivity index (χ4v) is 7.90. The molecule has 6 aromatic rings. The van der Waals surface area contributed by atoms with Crippen LogP contribution in [0.25, 0.3) is 11.1 Å². The molecular weight excluding hydrogens is 589 g/mol. The Labute approximate surface area is 281 Å². The molecule has 0 aliphatic carbocycles. The SMILES string of the molecule is CCO[Si](C)(C)c1ccc(N(c2ccc(C)cc2)c2ccc(-c3ccc(N(c4ccc(C)cc4)c4ccc(C)cc4)cc3)cc2)cc1. The molecule has 0 saturated heterocycles. The van der Waals surface area contributed by atoms with E-state index in [-0.39, 0.29) is 0 Å². The number of hydrogen-bond donors (Lipinski definition) is 0. The molecule has 0 aliphatic rings. The maximum Gasteiger partial charge on any atom is 0.218 e. The van der Waals surface area contributed by atoms with Crippen LogP contribution in [0.1, 0.15) is 23.6 Å². The zero-order chi connectivity index (χ0) is 33.0. The minimum Gasteiger partial charge on any atom is -0.413 e. The molecule has 0 N–H and O–H groups in total. The average molecular weight is 633 g/mol. The van der Waals surface area contributed by atoms with Gasteiger partial charge in [-0.05, 0) is 130 Å².